The molecule has 1 amide bonds. The zero-order valence-corrected chi connectivity index (χ0v) is 15.1. The number of phenols is 1. The first-order valence-electron chi connectivity index (χ1n) is 8.96. The van der Waals surface area contributed by atoms with Crippen molar-refractivity contribution < 1.29 is 19.4 Å². The zero-order chi connectivity index (χ0) is 18.4. The molecule has 3 rings (SSSR count). The molecular formula is C21H25NO4. The average Bonchev–Trinajstić information content (AvgIpc) is 2.68. The molecule has 0 saturated carbocycles. The van der Waals surface area contributed by atoms with Crippen LogP contribution in [0.4, 0.5) is 0 Å². The molecule has 2 aromatic rings. The number of aromatic hydroxyl groups is 1. The van der Waals surface area contributed by atoms with Gasteiger partial charge in [0.15, 0.2) is 0 Å². The topological polar surface area (TPSA) is 59.0 Å². The molecular weight excluding hydrogens is 330 g/mol. The Bertz CT molecular complexity index is 729. The van der Waals surface area contributed by atoms with Crippen LogP contribution in [-0.4, -0.2) is 42.7 Å². The molecule has 138 valence electrons. The number of carbonyl (C=O) groups excluding carboxylic acids is 1. The van der Waals surface area contributed by atoms with E-state index in [1.165, 1.54) is 0 Å². The average molecular weight is 355 g/mol. The Balaban J connectivity index is 1.51. The third-order valence-corrected chi connectivity index (χ3v) is 4.69. The Kier molecular flexibility index (Phi) is 6.00. The number of hydrogen-bond acceptors (Lipinski definition) is 4. The van der Waals surface area contributed by atoms with Crippen LogP contribution in [0.25, 0.3) is 0 Å². The standard InChI is InChI=1S/C21H25NO4/c1-25-19-5-2-6-20(13-19)26-15-17-4-3-11-22(14-17)21(24)12-16-7-9-18(23)10-8-16/h2,5-10,13,17,23H,3-4,11-12,14-15H2,1H3/t17-/m0/s1. The molecule has 5 heteroatoms. The number of carbonyl (C=O) groups is 1. The van der Waals surface area contributed by atoms with Gasteiger partial charge in [-0.25, -0.2) is 0 Å². The van der Waals surface area contributed by atoms with E-state index in [-0.39, 0.29) is 11.7 Å². The Morgan fingerprint density at radius 3 is 2.73 bits per heavy atom. The van der Waals surface area contributed by atoms with Crippen LogP contribution in [0, 0.1) is 5.92 Å². The van der Waals surface area contributed by atoms with Crippen LogP contribution >= 0.6 is 0 Å². The fourth-order valence-electron chi connectivity index (χ4n) is 3.23. The van der Waals surface area contributed by atoms with Gasteiger partial charge in [-0.15, -0.1) is 0 Å². The summed E-state index contributed by atoms with van der Waals surface area (Å²) in [6, 6.07) is 14.4. The molecule has 1 aliphatic heterocycles. The molecule has 1 fully saturated rings. The highest BCUT2D eigenvalue weighted by molar-refractivity contribution is 5.78. The molecule has 26 heavy (non-hydrogen) atoms. The van der Waals surface area contributed by atoms with E-state index in [0.29, 0.717) is 18.9 Å². The van der Waals surface area contributed by atoms with Crippen molar-refractivity contribution in [3.8, 4) is 17.2 Å². The maximum Gasteiger partial charge on any atom is 0.227 e. The van der Waals surface area contributed by atoms with Gasteiger partial charge in [0.05, 0.1) is 20.1 Å². The second-order valence-corrected chi connectivity index (χ2v) is 6.68. The van der Waals surface area contributed by atoms with Gasteiger partial charge in [-0.3, -0.25) is 4.79 Å². The molecule has 0 unspecified atom stereocenters. The van der Waals surface area contributed by atoms with E-state index < -0.39 is 0 Å². The summed E-state index contributed by atoms with van der Waals surface area (Å²) >= 11 is 0. The zero-order valence-electron chi connectivity index (χ0n) is 15.1. The summed E-state index contributed by atoms with van der Waals surface area (Å²) in [7, 11) is 1.64. The fourth-order valence-corrected chi connectivity index (χ4v) is 3.23. The van der Waals surface area contributed by atoms with Gasteiger partial charge in [0.2, 0.25) is 5.91 Å². The van der Waals surface area contributed by atoms with Crippen molar-refractivity contribution >= 4 is 5.91 Å². The van der Waals surface area contributed by atoms with Crippen LogP contribution in [0.3, 0.4) is 0 Å². The lowest BCUT2D eigenvalue weighted by Crippen LogP contribution is -2.42. The fraction of sp³-hybridized carbons (Fsp3) is 0.381. The van der Waals surface area contributed by atoms with Gasteiger partial charge in [0, 0.05) is 25.1 Å². The van der Waals surface area contributed by atoms with Crippen molar-refractivity contribution in [2.75, 3.05) is 26.8 Å². The van der Waals surface area contributed by atoms with E-state index in [1.807, 2.05) is 29.2 Å². The smallest absolute Gasteiger partial charge is 0.227 e. The number of phenolic OH excluding ortho intramolecular Hbond substituents is 1. The third kappa shape index (κ3) is 4.91. The first-order chi connectivity index (χ1) is 12.6. The normalized spacial score (nSPS) is 17.0. The van der Waals surface area contributed by atoms with Crippen LogP contribution in [0.2, 0.25) is 0 Å². The lowest BCUT2D eigenvalue weighted by Gasteiger charge is -2.32. The number of nitrogens with zero attached hydrogens (tertiary/aromatic N) is 1. The molecule has 2 aromatic carbocycles. The maximum absolute atomic E-state index is 12.6. The molecule has 0 radical (unpaired) electrons. The summed E-state index contributed by atoms with van der Waals surface area (Å²) in [6.07, 6.45) is 2.42. The molecule has 0 aliphatic carbocycles. The van der Waals surface area contributed by atoms with Crippen molar-refractivity contribution in [1.82, 2.24) is 4.90 Å². The molecule has 1 aliphatic rings. The van der Waals surface area contributed by atoms with E-state index in [0.717, 1.165) is 43.0 Å². The van der Waals surface area contributed by atoms with E-state index in [4.69, 9.17) is 9.47 Å². The van der Waals surface area contributed by atoms with Crippen LogP contribution < -0.4 is 9.47 Å². The predicted molar refractivity (Wildman–Crippen MR) is 99.6 cm³/mol. The van der Waals surface area contributed by atoms with Crippen molar-refractivity contribution in [3.63, 3.8) is 0 Å². The minimum absolute atomic E-state index is 0.127. The van der Waals surface area contributed by atoms with E-state index in [2.05, 4.69) is 0 Å². The van der Waals surface area contributed by atoms with Crippen molar-refractivity contribution in [3.05, 3.63) is 54.1 Å². The second kappa shape index (κ2) is 8.61. The SMILES string of the molecule is COc1cccc(OC[C@H]2CCCN(C(=O)Cc3ccc(O)cc3)C2)c1. The number of likely N-dealkylation sites (tertiary alicyclic amines) is 1. The number of amides is 1. The predicted octanol–water partition coefficient (Wildman–Crippen LogP) is 3.26. The number of methoxy groups -OCH3 is 1. The second-order valence-electron chi connectivity index (χ2n) is 6.68. The molecule has 0 bridgehead atoms. The van der Waals surface area contributed by atoms with Crippen molar-refractivity contribution in [2.45, 2.75) is 19.3 Å². The Hall–Kier alpha value is -2.69. The van der Waals surface area contributed by atoms with Crippen molar-refractivity contribution in [1.29, 1.82) is 0 Å². The quantitative estimate of drug-likeness (QED) is 0.864. The van der Waals surface area contributed by atoms with Crippen LogP contribution in [-0.2, 0) is 11.2 Å². The minimum atomic E-state index is 0.127. The van der Waals surface area contributed by atoms with Gasteiger partial charge >= 0.3 is 0 Å². The largest absolute Gasteiger partial charge is 0.508 e. The summed E-state index contributed by atoms with van der Waals surface area (Å²) in [5.74, 6) is 2.24. The highest BCUT2D eigenvalue weighted by atomic mass is 16.5. The van der Waals surface area contributed by atoms with Gasteiger partial charge in [-0.05, 0) is 42.7 Å². The molecule has 1 saturated heterocycles. The van der Waals surface area contributed by atoms with Gasteiger partial charge in [-0.2, -0.15) is 0 Å². The third-order valence-electron chi connectivity index (χ3n) is 4.69. The number of benzene rings is 2. The maximum atomic E-state index is 12.6. The van der Waals surface area contributed by atoms with Gasteiger partial charge in [-0.1, -0.05) is 18.2 Å². The Morgan fingerprint density at radius 2 is 1.96 bits per heavy atom. The minimum Gasteiger partial charge on any atom is -0.508 e. The van der Waals surface area contributed by atoms with Crippen molar-refractivity contribution in [2.24, 2.45) is 5.92 Å². The Labute approximate surface area is 154 Å². The van der Waals surface area contributed by atoms with E-state index in [1.54, 1.807) is 31.4 Å². The number of hydrogen-bond donors (Lipinski definition) is 1. The van der Waals surface area contributed by atoms with Gasteiger partial charge in [0.25, 0.3) is 0 Å². The lowest BCUT2D eigenvalue weighted by molar-refractivity contribution is -0.132. The Morgan fingerprint density at radius 1 is 1.19 bits per heavy atom. The van der Waals surface area contributed by atoms with Gasteiger partial charge in [0.1, 0.15) is 17.2 Å². The monoisotopic (exact) mass is 355 g/mol. The lowest BCUT2D eigenvalue weighted by atomic mass is 9.98. The molecule has 0 aromatic heterocycles. The summed E-state index contributed by atoms with van der Waals surface area (Å²) < 4.78 is 11.1. The molecule has 1 atom stereocenters. The molecule has 0 spiro atoms. The highest BCUT2D eigenvalue weighted by Crippen LogP contribution is 2.22. The first-order valence-corrected chi connectivity index (χ1v) is 8.96. The first kappa shape index (κ1) is 18.1. The number of rotatable bonds is 6. The molecule has 1 heterocycles. The van der Waals surface area contributed by atoms with Crippen LogP contribution in [0.5, 0.6) is 17.2 Å². The van der Waals surface area contributed by atoms with Crippen LogP contribution in [0.1, 0.15) is 18.4 Å². The highest BCUT2D eigenvalue weighted by Gasteiger charge is 2.24. The summed E-state index contributed by atoms with van der Waals surface area (Å²) in [6.45, 7) is 2.11. The summed E-state index contributed by atoms with van der Waals surface area (Å²) in [4.78, 5) is 14.5. The summed E-state index contributed by atoms with van der Waals surface area (Å²) in [5, 5.41) is 9.34. The molecule has 5 nitrogen and oxygen atoms in total. The molecule has 1 N–H and O–H groups in total. The summed E-state index contributed by atoms with van der Waals surface area (Å²) in [5.41, 5.74) is 0.919. The van der Waals surface area contributed by atoms with E-state index in [9.17, 15) is 9.90 Å². The van der Waals surface area contributed by atoms with Crippen LogP contribution in [0.15, 0.2) is 48.5 Å². The number of ether oxygens (including phenoxy) is 2. The van der Waals surface area contributed by atoms with Gasteiger partial charge < -0.3 is 19.5 Å². The van der Waals surface area contributed by atoms with E-state index >= 15 is 0 Å². The number of piperidine rings is 1.